The van der Waals surface area contributed by atoms with Gasteiger partial charge in [-0.15, -0.1) is 0 Å². The molecule has 6 nitrogen and oxygen atoms in total. The highest BCUT2D eigenvalue weighted by Crippen LogP contribution is 2.31. The lowest BCUT2D eigenvalue weighted by Crippen LogP contribution is -2.18. The molecule has 0 amide bonds. The Morgan fingerprint density at radius 2 is 1.74 bits per heavy atom. The highest BCUT2D eigenvalue weighted by Gasteiger charge is 2.13. The van der Waals surface area contributed by atoms with E-state index >= 15 is 0 Å². The highest BCUT2D eigenvalue weighted by molar-refractivity contribution is 7.21. The third kappa shape index (κ3) is 4.68. The Labute approximate surface area is 186 Å². The number of fused-ring (bicyclic) bond motifs is 1. The van der Waals surface area contributed by atoms with E-state index in [2.05, 4.69) is 64.7 Å². The fourth-order valence-corrected chi connectivity index (χ4v) is 4.79. The van der Waals surface area contributed by atoms with Gasteiger partial charge in [-0.05, 0) is 75.2 Å². The van der Waals surface area contributed by atoms with Crippen LogP contribution in [-0.4, -0.2) is 32.9 Å². The number of aryl methyl sites for hydroxylation is 2. The maximum absolute atomic E-state index is 4.77. The van der Waals surface area contributed by atoms with E-state index in [1.807, 2.05) is 18.3 Å². The number of thiazole rings is 1. The molecule has 0 unspecified atom stereocenters. The maximum atomic E-state index is 4.77. The molecule has 0 aliphatic carbocycles. The van der Waals surface area contributed by atoms with Crippen molar-refractivity contribution in [2.75, 3.05) is 23.7 Å². The molecule has 1 aliphatic heterocycles. The second-order valence-electron chi connectivity index (χ2n) is 8.15. The molecule has 0 spiro atoms. The third-order valence-corrected chi connectivity index (χ3v) is 6.41. The largest absolute Gasteiger partial charge is 0.340 e. The molecule has 4 aromatic rings. The van der Waals surface area contributed by atoms with Crippen LogP contribution in [0, 0.1) is 13.8 Å². The van der Waals surface area contributed by atoms with Crippen LogP contribution in [0.4, 0.5) is 22.5 Å². The van der Waals surface area contributed by atoms with Gasteiger partial charge in [0.25, 0.3) is 0 Å². The lowest BCUT2D eigenvalue weighted by Gasteiger charge is -2.14. The summed E-state index contributed by atoms with van der Waals surface area (Å²) in [5.41, 5.74) is 5.53. The number of hydrogen-bond donors (Lipinski definition) is 2. The number of nitrogens with zero attached hydrogens (tertiary/aromatic N) is 4. The molecule has 1 aromatic carbocycles. The summed E-state index contributed by atoms with van der Waals surface area (Å²) in [6.45, 7) is 7.52. The Bertz CT molecular complexity index is 1180. The molecule has 7 heteroatoms. The third-order valence-electron chi connectivity index (χ3n) is 5.55. The normalized spacial score (nSPS) is 14.3. The van der Waals surface area contributed by atoms with Gasteiger partial charge < -0.3 is 10.6 Å². The van der Waals surface area contributed by atoms with Crippen molar-refractivity contribution in [3.63, 3.8) is 0 Å². The first-order valence-corrected chi connectivity index (χ1v) is 11.5. The summed E-state index contributed by atoms with van der Waals surface area (Å²) in [6.07, 6.45) is 4.57. The topological polar surface area (TPSA) is 66.0 Å². The van der Waals surface area contributed by atoms with Crippen molar-refractivity contribution in [3.8, 4) is 0 Å². The summed E-state index contributed by atoms with van der Waals surface area (Å²) in [6, 6.07) is 14.5. The van der Waals surface area contributed by atoms with Crippen molar-refractivity contribution in [1.82, 2.24) is 19.9 Å². The van der Waals surface area contributed by atoms with Crippen LogP contribution in [0.3, 0.4) is 0 Å². The van der Waals surface area contributed by atoms with Gasteiger partial charge in [-0.25, -0.2) is 15.0 Å². The number of anilines is 4. The molecule has 0 saturated carbocycles. The molecule has 2 N–H and O–H groups in total. The first-order chi connectivity index (χ1) is 15.1. The van der Waals surface area contributed by atoms with Crippen molar-refractivity contribution in [2.45, 2.75) is 33.2 Å². The molecule has 31 heavy (non-hydrogen) atoms. The Hall–Kier alpha value is -3.03. The fraction of sp³-hybridized carbons (Fsp3) is 0.292. The molecule has 1 aliphatic rings. The van der Waals surface area contributed by atoms with Gasteiger partial charge in [0.05, 0.1) is 0 Å². The van der Waals surface area contributed by atoms with Gasteiger partial charge in [0.2, 0.25) is 0 Å². The summed E-state index contributed by atoms with van der Waals surface area (Å²) in [7, 11) is 0. The molecular weight excluding hydrogens is 404 g/mol. The SMILES string of the molecule is Cc1ccc(Nc2cc(C)c3nc(Nc4ccc(CN5CCCC5)cn4)sc3n2)cc1. The maximum Gasteiger partial charge on any atom is 0.190 e. The molecule has 4 heterocycles. The number of aromatic nitrogens is 3. The predicted octanol–water partition coefficient (Wildman–Crippen LogP) is 5.79. The Morgan fingerprint density at radius 1 is 0.935 bits per heavy atom. The molecule has 158 valence electrons. The summed E-state index contributed by atoms with van der Waals surface area (Å²) < 4.78 is 0. The van der Waals surface area contributed by atoms with Crippen LogP contribution in [0.25, 0.3) is 10.3 Å². The number of rotatable bonds is 6. The lowest BCUT2D eigenvalue weighted by molar-refractivity contribution is 0.331. The minimum absolute atomic E-state index is 0.804. The highest BCUT2D eigenvalue weighted by atomic mass is 32.1. The number of benzene rings is 1. The second kappa shape index (κ2) is 8.61. The summed E-state index contributed by atoms with van der Waals surface area (Å²) in [4.78, 5) is 17.5. The van der Waals surface area contributed by atoms with E-state index in [0.717, 1.165) is 44.9 Å². The zero-order valence-electron chi connectivity index (χ0n) is 17.9. The number of hydrogen-bond acceptors (Lipinski definition) is 7. The first kappa shape index (κ1) is 19.9. The predicted molar refractivity (Wildman–Crippen MR) is 129 cm³/mol. The minimum atomic E-state index is 0.804. The monoisotopic (exact) mass is 430 g/mol. The lowest BCUT2D eigenvalue weighted by atomic mass is 10.2. The van der Waals surface area contributed by atoms with Crippen LogP contribution >= 0.6 is 11.3 Å². The molecule has 0 bridgehead atoms. The van der Waals surface area contributed by atoms with Crippen LogP contribution in [0.1, 0.15) is 29.5 Å². The summed E-state index contributed by atoms with van der Waals surface area (Å²) >= 11 is 1.54. The van der Waals surface area contributed by atoms with E-state index < -0.39 is 0 Å². The number of pyridine rings is 2. The first-order valence-electron chi connectivity index (χ1n) is 10.7. The average molecular weight is 431 g/mol. The van der Waals surface area contributed by atoms with Gasteiger partial charge in [-0.2, -0.15) is 0 Å². The molecule has 1 saturated heterocycles. The van der Waals surface area contributed by atoms with Gasteiger partial charge in [-0.3, -0.25) is 4.90 Å². The van der Waals surface area contributed by atoms with Gasteiger partial charge in [0.15, 0.2) is 5.13 Å². The number of likely N-dealkylation sites (tertiary alicyclic amines) is 1. The van der Waals surface area contributed by atoms with Crippen molar-refractivity contribution in [1.29, 1.82) is 0 Å². The zero-order chi connectivity index (χ0) is 21.2. The summed E-state index contributed by atoms with van der Waals surface area (Å²) in [5, 5.41) is 7.53. The van der Waals surface area contributed by atoms with Crippen LogP contribution < -0.4 is 10.6 Å². The van der Waals surface area contributed by atoms with E-state index in [0.29, 0.717) is 0 Å². The van der Waals surface area contributed by atoms with Crippen LogP contribution in [0.2, 0.25) is 0 Å². The number of nitrogens with one attached hydrogen (secondary N) is 2. The van der Waals surface area contributed by atoms with Gasteiger partial charge in [0.1, 0.15) is 22.0 Å². The minimum Gasteiger partial charge on any atom is -0.340 e. The molecule has 0 radical (unpaired) electrons. The average Bonchev–Trinajstić information content (AvgIpc) is 3.41. The quantitative estimate of drug-likeness (QED) is 0.404. The molecular formula is C24H26N6S. The van der Waals surface area contributed by atoms with E-state index in [4.69, 9.17) is 9.97 Å². The Morgan fingerprint density at radius 3 is 2.48 bits per heavy atom. The molecule has 3 aromatic heterocycles. The molecule has 1 fully saturated rings. The van der Waals surface area contributed by atoms with Crippen LogP contribution in [-0.2, 0) is 6.54 Å². The van der Waals surface area contributed by atoms with Crippen molar-refractivity contribution < 1.29 is 0 Å². The van der Waals surface area contributed by atoms with Gasteiger partial charge >= 0.3 is 0 Å². The van der Waals surface area contributed by atoms with E-state index in [9.17, 15) is 0 Å². The van der Waals surface area contributed by atoms with E-state index in [1.165, 1.54) is 37.1 Å². The molecule has 0 atom stereocenters. The van der Waals surface area contributed by atoms with E-state index in [-0.39, 0.29) is 0 Å². The van der Waals surface area contributed by atoms with Crippen molar-refractivity contribution >= 4 is 44.1 Å². The smallest absolute Gasteiger partial charge is 0.190 e. The second-order valence-corrected chi connectivity index (χ2v) is 9.13. The molecule has 5 rings (SSSR count). The van der Waals surface area contributed by atoms with E-state index in [1.54, 1.807) is 11.3 Å². The van der Waals surface area contributed by atoms with Crippen molar-refractivity contribution in [3.05, 3.63) is 65.4 Å². The fourth-order valence-electron chi connectivity index (χ4n) is 3.86. The van der Waals surface area contributed by atoms with Gasteiger partial charge in [-0.1, -0.05) is 35.1 Å². The van der Waals surface area contributed by atoms with Crippen LogP contribution in [0.15, 0.2) is 48.7 Å². The zero-order valence-corrected chi connectivity index (χ0v) is 18.7. The Kier molecular flexibility index (Phi) is 5.53. The van der Waals surface area contributed by atoms with Gasteiger partial charge in [0, 0.05) is 18.4 Å². The standard InChI is InChI=1S/C24H26N6S/c1-16-5-8-19(9-6-16)26-21-13-17(2)22-23(27-21)31-24(29-22)28-20-10-7-18(14-25-20)15-30-11-3-4-12-30/h5-10,13-14H,3-4,11-12,15H2,1-2H3,(H,26,27)(H,25,28,29). The van der Waals surface area contributed by atoms with Crippen molar-refractivity contribution in [2.24, 2.45) is 0 Å². The summed E-state index contributed by atoms with van der Waals surface area (Å²) in [5.74, 6) is 1.63. The Balaban J connectivity index is 1.31. The van der Waals surface area contributed by atoms with Crippen LogP contribution in [0.5, 0.6) is 0 Å².